The Kier molecular flexibility index (Phi) is 7.95. The van der Waals surface area contributed by atoms with Crippen molar-refractivity contribution in [1.82, 2.24) is 15.6 Å². The summed E-state index contributed by atoms with van der Waals surface area (Å²) in [7, 11) is 0. The average molecular weight is 466 g/mol. The predicted molar refractivity (Wildman–Crippen MR) is 128 cm³/mol. The molecule has 0 spiro atoms. The predicted octanol–water partition coefficient (Wildman–Crippen LogP) is 3.91. The van der Waals surface area contributed by atoms with Gasteiger partial charge in [-0.15, -0.1) is 11.3 Å². The van der Waals surface area contributed by atoms with Gasteiger partial charge in [-0.1, -0.05) is 30.3 Å². The van der Waals surface area contributed by atoms with Crippen LogP contribution in [0.25, 0.3) is 10.4 Å². The van der Waals surface area contributed by atoms with E-state index in [1.165, 1.54) is 11.3 Å². The smallest absolute Gasteiger partial charge is 0.303 e. The van der Waals surface area contributed by atoms with Crippen LogP contribution in [0.1, 0.15) is 41.9 Å². The van der Waals surface area contributed by atoms with E-state index in [1.54, 1.807) is 18.5 Å². The number of hydrogen-bond acceptors (Lipinski definition) is 5. The summed E-state index contributed by atoms with van der Waals surface area (Å²) in [6, 6.07) is 16.0. The number of nitrogens with one attached hydrogen (secondary N) is 2. The van der Waals surface area contributed by atoms with E-state index in [4.69, 9.17) is 5.11 Å². The molecule has 3 N–H and O–H groups in total. The maximum Gasteiger partial charge on any atom is 0.303 e. The summed E-state index contributed by atoms with van der Waals surface area (Å²) >= 11 is 1.30. The Labute approximate surface area is 196 Å². The van der Waals surface area contributed by atoms with E-state index in [1.807, 2.05) is 62.4 Å². The standard InChI is InChI=1S/C25H27N3O4S/c1-25(2,16-17-6-4-3-5-7-17)28-23(31)19(8-11-22(29)30)27-24(32)21-10-9-20(33-21)18-12-14-26-15-13-18/h3-7,9-10,12-15,19H,8,11,16H2,1-2H3,(H,27,32)(H,28,31)(H,29,30)/t19-/m0/s1. The first-order chi connectivity index (χ1) is 15.7. The summed E-state index contributed by atoms with van der Waals surface area (Å²) in [5.74, 6) is -1.84. The second-order valence-corrected chi connectivity index (χ2v) is 9.48. The molecule has 0 fully saturated rings. The second-order valence-electron chi connectivity index (χ2n) is 8.39. The molecule has 172 valence electrons. The molecular weight excluding hydrogens is 438 g/mol. The minimum absolute atomic E-state index is 0.00306. The highest BCUT2D eigenvalue weighted by atomic mass is 32.1. The van der Waals surface area contributed by atoms with Crippen molar-refractivity contribution in [2.45, 2.75) is 44.7 Å². The molecule has 2 heterocycles. The van der Waals surface area contributed by atoms with E-state index in [0.29, 0.717) is 11.3 Å². The molecule has 1 atom stereocenters. The van der Waals surface area contributed by atoms with Gasteiger partial charge in [0.1, 0.15) is 6.04 Å². The van der Waals surface area contributed by atoms with Crippen LogP contribution < -0.4 is 10.6 Å². The lowest BCUT2D eigenvalue weighted by Gasteiger charge is -2.29. The lowest BCUT2D eigenvalue weighted by atomic mass is 9.94. The third kappa shape index (κ3) is 7.25. The van der Waals surface area contributed by atoms with Crippen LogP contribution in [0.3, 0.4) is 0 Å². The van der Waals surface area contributed by atoms with Gasteiger partial charge < -0.3 is 15.7 Å². The SMILES string of the molecule is CC(C)(Cc1ccccc1)NC(=O)[C@H](CCC(=O)O)NC(=O)c1ccc(-c2ccncc2)s1. The second kappa shape index (κ2) is 10.9. The molecule has 0 saturated heterocycles. The fraction of sp³-hybridized carbons (Fsp3) is 0.280. The zero-order chi connectivity index (χ0) is 23.8. The molecule has 0 unspecified atom stereocenters. The van der Waals surface area contributed by atoms with Crippen LogP contribution in [-0.4, -0.2) is 39.5 Å². The zero-order valence-electron chi connectivity index (χ0n) is 18.6. The first-order valence-electron chi connectivity index (χ1n) is 10.6. The Hall–Kier alpha value is -3.52. The Morgan fingerprint density at radius 1 is 1.03 bits per heavy atom. The Bertz CT molecular complexity index is 1100. The number of rotatable bonds is 10. The number of aromatic nitrogens is 1. The summed E-state index contributed by atoms with van der Waals surface area (Å²) in [4.78, 5) is 42.4. The lowest BCUT2D eigenvalue weighted by molar-refractivity contribution is -0.137. The quantitative estimate of drug-likeness (QED) is 0.421. The van der Waals surface area contributed by atoms with E-state index in [-0.39, 0.29) is 12.8 Å². The van der Waals surface area contributed by atoms with Crippen molar-refractivity contribution in [2.75, 3.05) is 0 Å². The Balaban J connectivity index is 1.69. The molecule has 3 rings (SSSR count). The van der Waals surface area contributed by atoms with Crippen LogP contribution in [-0.2, 0) is 16.0 Å². The van der Waals surface area contributed by atoms with Crippen LogP contribution in [0.2, 0.25) is 0 Å². The number of pyridine rings is 1. The largest absolute Gasteiger partial charge is 0.481 e. The van der Waals surface area contributed by atoms with E-state index in [0.717, 1.165) is 16.0 Å². The van der Waals surface area contributed by atoms with Crippen LogP contribution in [0, 0.1) is 0 Å². The molecule has 0 aliphatic heterocycles. The first-order valence-corrected chi connectivity index (χ1v) is 11.4. The van der Waals surface area contributed by atoms with Gasteiger partial charge in [0.2, 0.25) is 5.91 Å². The van der Waals surface area contributed by atoms with Crippen LogP contribution in [0.5, 0.6) is 0 Å². The van der Waals surface area contributed by atoms with Crippen molar-refractivity contribution in [2.24, 2.45) is 0 Å². The van der Waals surface area contributed by atoms with Gasteiger partial charge in [-0.25, -0.2) is 0 Å². The third-order valence-corrected chi connectivity index (χ3v) is 6.15. The van der Waals surface area contributed by atoms with Crippen LogP contribution in [0.15, 0.2) is 67.0 Å². The Morgan fingerprint density at radius 2 is 1.73 bits per heavy atom. The first kappa shape index (κ1) is 24.1. The van der Waals surface area contributed by atoms with Gasteiger partial charge in [-0.05, 0) is 62.1 Å². The minimum Gasteiger partial charge on any atom is -0.481 e. The van der Waals surface area contributed by atoms with Gasteiger partial charge in [-0.3, -0.25) is 19.4 Å². The summed E-state index contributed by atoms with van der Waals surface area (Å²) in [6.07, 6.45) is 3.72. The highest BCUT2D eigenvalue weighted by molar-refractivity contribution is 7.17. The van der Waals surface area contributed by atoms with Gasteiger partial charge in [0.15, 0.2) is 0 Å². The topological polar surface area (TPSA) is 108 Å². The number of aliphatic carboxylic acids is 1. The number of hydrogen-bond donors (Lipinski definition) is 3. The molecule has 8 heteroatoms. The van der Waals surface area contributed by atoms with E-state index < -0.39 is 29.4 Å². The number of carbonyl (C=O) groups is 3. The fourth-order valence-electron chi connectivity index (χ4n) is 3.47. The number of carboxylic acids is 1. The monoisotopic (exact) mass is 465 g/mol. The normalized spacial score (nSPS) is 12.1. The zero-order valence-corrected chi connectivity index (χ0v) is 19.4. The number of carbonyl (C=O) groups excluding carboxylic acids is 2. The third-order valence-electron chi connectivity index (χ3n) is 5.01. The molecule has 0 radical (unpaired) electrons. The van der Waals surface area contributed by atoms with Crippen molar-refractivity contribution >= 4 is 29.1 Å². The van der Waals surface area contributed by atoms with Crippen LogP contribution >= 0.6 is 11.3 Å². The number of nitrogens with zero attached hydrogens (tertiary/aromatic N) is 1. The highest BCUT2D eigenvalue weighted by Gasteiger charge is 2.28. The molecule has 0 saturated carbocycles. The number of thiophene rings is 1. The molecule has 3 aromatic rings. The van der Waals surface area contributed by atoms with Crippen molar-refractivity contribution in [3.8, 4) is 10.4 Å². The molecular formula is C25H27N3O4S. The molecule has 7 nitrogen and oxygen atoms in total. The molecule has 33 heavy (non-hydrogen) atoms. The summed E-state index contributed by atoms with van der Waals surface area (Å²) in [6.45, 7) is 3.79. The van der Waals surface area contributed by atoms with Gasteiger partial charge in [0.05, 0.1) is 4.88 Å². The number of carboxylic acid groups (broad SMARTS) is 1. The van der Waals surface area contributed by atoms with Crippen molar-refractivity contribution in [3.05, 3.63) is 77.4 Å². The molecule has 2 amide bonds. The fourth-order valence-corrected chi connectivity index (χ4v) is 4.38. The van der Waals surface area contributed by atoms with Crippen LogP contribution in [0.4, 0.5) is 0 Å². The van der Waals surface area contributed by atoms with Crippen molar-refractivity contribution in [1.29, 1.82) is 0 Å². The lowest BCUT2D eigenvalue weighted by Crippen LogP contribution is -2.54. The van der Waals surface area contributed by atoms with E-state index in [2.05, 4.69) is 15.6 Å². The summed E-state index contributed by atoms with van der Waals surface area (Å²) in [5.41, 5.74) is 1.43. The Morgan fingerprint density at radius 3 is 2.39 bits per heavy atom. The van der Waals surface area contributed by atoms with Gasteiger partial charge in [0.25, 0.3) is 5.91 Å². The number of amides is 2. The number of benzene rings is 1. The maximum atomic E-state index is 13.0. The maximum absolute atomic E-state index is 13.0. The van der Waals surface area contributed by atoms with Crippen molar-refractivity contribution in [3.63, 3.8) is 0 Å². The molecule has 0 aliphatic carbocycles. The summed E-state index contributed by atoms with van der Waals surface area (Å²) in [5, 5.41) is 14.8. The van der Waals surface area contributed by atoms with Gasteiger partial charge >= 0.3 is 5.97 Å². The molecule has 0 bridgehead atoms. The molecule has 0 aliphatic rings. The average Bonchev–Trinajstić information content (AvgIpc) is 3.27. The van der Waals surface area contributed by atoms with Crippen molar-refractivity contribution < 1.29 is 19.5 Å². The van der Waals surface area contributed by atoms with E-state index in [9.17, 15) is 14.4 Å². The molecule has 1 aromatic carbocycles. The highest BCUT2D eigenvalue weighted by Crippen LogP contribution is 2.27. The van der Waals surface area contributed by atoms with Gasteiger partial charge in [0, 0.05) is 29.2 Å². The molecule has 2 aromatic heterocycles. The minimum atomic E-state index is -1.03. The summed E-state index contributed by atoms with van der Waals surface area (Å²) < 4.78 is 0. The van der Waals surface area contributed by atoms with E-state index >= 15 is 0 Å². The van der Waals surface area contributed by atoms with Gasteiger partial charge in [-0.2, -0.15) is 0 Å².